The summed E-state index contributed by atoms with van der Waals surface area (Å²) in [6.45, 7) is 2.66. The fourth-order valence-corrected chi connectivity index (χ4v) is 3.18. The highest BCUT2D eigenvalue weighted by atomic mass is 16.5. The molecule has 134 valence electrons. The van der Waals surface area contributed by atoms with E-state index in [-0.39, 0.29) is 11.5 Å². The van der Waals surface area contributed by atoms with Crippen LogP contribution in [0.1, 0.15) is 31.2 Å². The Bertz CT molecular complexity index is 534. The van der Waals surface area contributed by atoms with Crippen LogP contribution in [0.15, 0.2) is 12.4 Å². The highest BCUT2D eigenvalue weighted by Crippen LogP contribution is 2.30. The Morgan fingerprint density at radius 1 is 1.42 bits per heavy atom. The number of aromatic nitrogens is 2. The predicted molar refractivity (Wildman–Crippen MR) is 93.8 cm³/mol. The number of carbonyl (C=O) groups excluding carboxylic acids is 1. The van der Waals surface area contributed by atoms with Crippen molar-refractivity contribution < 1.29 is 9.53 Å². The molecule has 0 saturated carbocycles. The molecule has 2 rings (SSSR count). The SMILES string of the molecule is CNc1ncc(CN2CCC[C@](CCC(=O)N(C)C)(OC)C2)cn1. The number of nitrogens with one attached hydrogen (secondary N) is 1. The van der Waals surface area contributed by atoms with Crippen molar-refractivity contribution in [2.45, 2.75) is 37.8 Å². The van der Waals surface area contributed by atoms with Gasteiger partial charge in [-0.15, -0.1) is 0 Å². The zero-order valence-corrected chi connectivity index (χ0v) is 15.2. The molecule has 1 N–H and O–H groups in total. The quantitative estimate of drug-likeness (QED) is 0.811. The summed E-state index contributed by atoms with van der Waals surface area (Å²) in [7, 11) is 7.16. The molecular weight excluding hydrogens is 306 g/mol. The van der Waals surface area contributed by atoms with Crippen molar-refractivity contribution in [2.24, 2.45) is 0 Å². The van der Waals surface area contributed by atoms with Crippen molar-refractivity contribution in [2.75, 3.05) is 46.7 Å². The van der Waals surface area contributed by atoms with Crippen LogP contribution < -0.4 is 5.32 Å². The van der Waals surface area contributed by atoms with Gasteiger partial charge in [0.25, 0.3) is 0 Å². The van der Waals surface area contributed by atoms with E-state index in [1.165, 1.54) is 0 Å². The maximum absolute atomic E-state index is 11.9. The highest BCUT2D eigenvalue weighted by molar-refractivity contribution is 5.75. The van der Waals surface area contributed by atoms with Crippen LogP contribution in [-0.2, 0) is 16.1 Å². The number of amides is 1. The molecule has 1 aliphatic rings. The molecule has 7 nitrogen and oxygen atoms in total. The third-order valence-electron chi connectivity index (χ3n) is 4.68. The summed E-state index contributed by atoms with van der Waals surface area (Å²) in [5.74, 6) is 0.783. The molecule has 1 aliphatic heterocycles. The summed E-state index contributed by atoms with van der Waals surface area (Å²) in [5, 5.41) is 2.92. The molecule has 0 aliphatic carbocycles. The summed E-state index contributed by atoms with van der Waals surface area (Å²) < 4.78 is 5.86. The van der Waals surface area contributed by atoms with Crippen LogP contribution in [0.2, 0.25) is 0 Å². The monoisotopic (exact) mass is 335 g/mol. The van der Waals surface area contributed by atoms with E-state index in [4.69, 9.17) is 4.74 Å². The number of piperidine rings is 1. The highest BCUT2D eigenvalue weighted by Gasteiger charge is 2.35. The van der Waals surface area contributed by atoms with Gasteiger partial charge in [0.05, 0.1) is 5.60 Å². The largest absolute Gasteiger partial charge is 0.377 e. The number of likely N-dealkylation sites (tertiary alicyclic amines) is 1. The predicted octanol–water partition coefficient (Wildman–Crippen LogP) is 1.37. The molecule has 1 amide bonds. The van der Waals surface area contributed by atoms with Gasteiger partial charge in [0, 0.05) is 65.7 Å². The third-order valence-corrected chi connectivity index (χ3v) is 4.68. The van der Waals surface area contributed by atoms with Crippen LogP contribution in [0, 0.1) is 0 Å². The molecule has 2 heterocycles. The van der Waals surface area contributed by atoms with Gasteiger partial charge in [-0.25, -0.2) is 9.97 Å². The van der Waals surface area contributed by atoms with Gasteiger partial charge in [-0.2, -0.15) is 0 Å². The maximum Gasteiger partial charge on any atom is 0.222 e. The second kappa shape index (κ2) is 8.39. The Morgan fingerprint density at radius 2 is 2.12 bits per heavy atom. The normalized spacial score (nSPS) is 21.5. The zero-order valence-electron chi connectivity index (χ0n) is 15.2. The van der Waals surface area contributed by atoms with Crippen molar-refractivity contribution in [3.05, 3.63) is 18.0 Å². The average Bonchev–Trinajstić information content (AvgIpc) is 2.60. The minimum atomic E-state index is -0.240. The van der Waals surface area contributed by atoms with Crippen molar-refractivity contribution in [1.29, 1.82) is 0 Å². The van der Waals surface area contributed by atoms with Gasteiger partial charge < -0.3 is 15.0 Å². The Hall–Kier alpha value is -1.73. The van der Waals surface area contributed by atoms with E-state index in [9.17, 15) is 4.79 Å². The molecule has 1 aromatic heterocycles. The summed E-state index contributed by atoms with van der Waals surface area (Å²) in [4.78, 5) is 24.5. The molecule has 0 radical (unpaired) electrons. The minimum Gasteiger partial charge on any atom is -0.377 e. The van der Waals surface area contributed by atoms with Gasteiger partial charge in [0.15, 0.2) is 0 Å². The Kier molecular flexibility index (Phi) is 6.51. The van der Waals surface area contributed by atoms with Crippen LogP contribution in [0.25, 0.3) is 0 Å². The third kappa shape index (κ3) is 4.88. The number of hydrogen-bond acceptors (Lipinski definition) is 6. The maximum atomic E-state index is 11.9. The molecule has 0 spiro atoms. The van der Waals surface area contributed by atoms with Gasteiger partial charge in [-0.1, -0.05) is 0 Å². The van der Waals surface area contributed by atoms with E-state index in [1.807, 2.05) is 19.4 Å². The first kappa shape index (κ1) is 18.6. The van der Waals surface area contributed by atoms with E-state index in [2.05, 4.69) is 20.2 Å². The lowest BCUT2D eigenvalue weighted by atomic mass is 9.87. The van der Waals surface area contributed by atoms with Crippen LogP contribution in [0.4, 0.5) is 5.95 Å². The molecule has 1 aromatic rings. The molecule has 0 bridgehead atoms. The Morgan fingerprint density at radius 3 is 2.71 bits per heavy atom. The first-order chi connectivity index (χ1) is 11.5. The molecule has 0 aromatic carbocycles. The molecule has 0 unspecified atom stereocenters. The first-order valence-electron chi connectivity index (χ1n) is 8.44. The van der Waals surface area contributed by atoms with Crippen molar-refractivity contribution >= 4 is 11.9 Å². The second-order valence-electron chi connectivity index (χ2n) is 6.65. The van der Waals surface area contributed by atoms with E-state index in [1.54, 1.807) is 26.1 Å². The van der Waals surface area contributed by atoms with Crippen LogP contribution >= 0.6 is 0 Å². The van der Waals surface area contributed by atoms with Crippen molar-refractivity contribution in [3.8, 4) is 0 Å². The molecular formula is C17H29N5O2. The fourth-order valence-electron chi connectivity index (χ4n) is 3.18. The topological polar surface area (TPSA) is 70.6 Å². The lowest BCUT2D eigenvalue weighted by molar-refractivity contribution is -0.132. The lowest BCUT2D eigenvalue weighted by Crippen LogP contribution is -2.49. The number of carbonyl (C=O) groups is 1. The number of rotatable bonds is 7. The number of methoxy groups -OCH3 is 1. The van der Waals surface area contributed by atoms with Gasteiger partial charge in [0.1, 0.15) is 0 Å². The second-order valence-corrected chi connectivity index (χ2v) is 6.65. The molecule has 1 fully saturated rings. The van der Waals surface area contributed by atoms with E-state index in [0.717, 1.165) is 44.5 Å². The fraction of sp³-hybridized carbons (Fsp3) is 0.706. The summed E-state index contributed by atoms with van der Waals surface area (Å²) >= 11 is 0. The van der Waals surface area contributed by atoms with Crippen molar-refractivity contribution in [3.63, 3.8) is 0 Å². The summed E-state index contributed by atoms with van der Waals surface area (Å²) in [5.41, 5.74) is 0.848. The minimum absolute atomic E-state index is 0.152. The van der Waals surface area contributed by atoms with E-state index in [0.29, 0.717) is 12.4 Å². The molecule has 1 atom stereocenters. The number of nitrogens with zero attached hydrogens (tertiary/aromatic N) is 4. The van der Waals surface area contributed by atoms with Gasteiger partial charge in [-0.3, -0.25) is 9.69 Å². The summed E-state index contributed by atoms with van der Waals surface area (Å²) in [6, 6.07) is 0. The first-order valence-corrected chi connectivity index (χ1v) is 8.44. The molecule has 24 heavy (non-hydrogen) atoms. The van der Waals surface area contributed by atoms with E-state index >= 15 is 0 Å². The number of anilines is 1. The van der Waals surface area contributed by atoms with Gasteiger partial charge >= 0.3 is 0 Å². The van der Waals surface area contributed by atoms with Crippen LogP contribution in [0.5, 0.6) is 0 Å². The Labute approximate surface area is 144 Å². The number of hydrogen-bond donors (Lipinski definition) is 1. The zero-order chi connectivity index (χ0) is 17.6. The standard InChI is InChI=1S/C17H29N5O2/c1-18-16-19-10-14(11-20-16)12-22-9-5-7-17(13-22,24-4)8-6-15(23)21(2)3/h10-11H,5-9,12-13H2,1-4H3,(H,18,19,20)/t17-/m1/s1. The smallest absolute Gasteiger partial charge is 0.222 e. The molecule has 1 saturated heterocycles. The van der Waals surface area contributed by atoms with Gasteiger partial charge in [0.2, 0.25) is 11.9 Å². The Balaban J connectivity index is 1.96. The lowest BCUT2D eigenvalue weighted by Gasteiger charge is -2.42. The van der Waals surface area contributed by atoms with Gasteiger partial charge in [-0.05, 0) is 25.8 Å². The van der Waals surface area contributed by atoms with E-state index < -0.39 is 0 Å². The van der Waals surface area contributed by atoms with Crippen molar-refractivity contribution in [1.82, 2.24) is 19.8 Å². The van der Waals surface area contributed by atoms with Crippen LogP contribution in [0.3, 0.4) is 0 Å². The molecule has 7 heteroatoms. The average molecular weight is 335 g/mol. The summed E-state index contributed by atoms with van der Waals surface area (Å²) in [6.07, 6.45) is 7.06. The number of ether oxygens (including phenoxy) is 1. The van der Waals surface area contributed by atoms with Crippen LogP contribution in [-0.4, -0.2) is 72.6 Å².